The molecule has 0 radical (unpaired) electrons. The van der Waals surface area contributed by atoms with Crippen LogP contribution >= 0.6 is 0 Å². The van der Waals surface area contributed by atoms with Crippen LogP contribution in [0.4, 0.5) is 13.2 Å². The lowest BCUT2D eigenvalue weighted by Crippen LogP contribution is -2.68. The molecule has 6 rings (SSSR count). The number of rotatable bonds is 1. The van der Waals surface area contributed by atoms with Crippen LogP contribution in [0.5, 0.6) is 0 Å². The molecule has 0 spiro atoms. The summed E-state index contributed by atoms with van der Waals surface area (Å²) in [5.41, 5.74) is 0.625. The van der Waals surface area contributed by atoms with Crippen molar-refractivity contribution in [2.75, 3.05) is 6.61 Å². The molecule has 0 aromatic rings. The molecular weight excluding hydrogens is 489 g/mol. The average molecular weight is 539 g/mol. The lowest BCUT2D eigenvalue weighted by molar-refractivity contribution is -0.259. The molecule has 0 unspecified atom stereocenters. The highest BCUT2D eigenvalue weighted by Crippen LogP contribution is 2.78. The van der Waals surface area contributed by atoms with Gasteiger partial charge in [0.1, 0.15) is 6.10 Å². The third-order valence-corrected chi connectivity index (χ3v) is 14.6. The van der Waals surface area contributed by atoms with E-state index in [2.05, 4.69) is 48.5 Å². The maximum Gasteiger partial charge on any atom is 0.490 e. The Morgan fingerprint density at radius 3 is 2.16 bits per heavy atom. The van der Waals surface area contributed by atoms with Crippen LogP contribution in [0, 0.1) is 56.2 Å². The van der Waals surface area contributed by atoms with E-state index in [1.165, 1.54) is 38.5 Å². The van der Waals surface area contributed by atoms with Crippen molar-refractivity contribution in [1.29, 1.82) is 0 Å². The van der Waals surface area contributed by atoms with Crippen LogP contribution in [0.3, 0.4) is 0 Å². The van der Waals surface area contributed by atoms with Gasteiger partial charge in [-0.05, 0) is 115 Å². The molecule has 38 heavy (non-hydrogen) atoms. The monoisotopic (exact) mass is 538 g/mol. The van der Waals surface area contributed by atoms with Crippen molar-refractivity contribution in [2.24, 2.45) is 56.2 Å². The summed E-state index contributed by atoms with van der Waals surface area (Å²) in [7, 11) is 0. The van der Waals surface area contributed by atoms with E-state index in [0.29, 0.717) is 35.7 Å². The Morgan fingerprint density at radius 1 is 0.789 bits per heavy atom. The summed E-state index contributed by atoms with van der Waals surface area (Å²) in [5.74, 6) is 0.0918. The van der Waals surface area contributed by atoms with E-state index in [0.717, 1.165) is 25.9 Å². The minimum atomic E-state index is -4.94. The fraction of sp³-hybridized carbons (Fsp3) is 0.969. The first-order valence-electron chi connectivity index (χ1n) is 15.3. The van der Waals surface area contributed by atoms with Crippen LogP contribution in [-0.2, 0) is 14.3 Å². The molecule has 5 aliphatic carbocycles. The van der Waals surface area contributed by atoms with Crippen LogP contribution in [-0.4, -0.2) is 31.0 Å². The van der Waals surface area contributed by atoms with E-state index in [1.54, 1.807) is 0 Å². The van der Waals surface area contributed by atoms with E-state index in [1.807, 2.05) is 0 Å². The fourth-order valence-electron chi connectivity index (χ4n) is 12.4. The molecule has 0 N–H and O–H groups in total. The second kappa shape index (κ2) is 7.94. The molecular formula is C32H49F3O3. The molecule has 0 aromatic carbocycles. The summed E-state index contributed by atoms with van der Waals surface area (Å²) in [4.78, 5) is 11.8. The Bertz CT molecular complexity index is 1000. The van der Waals surface area contributed by atoms with Gasteiger partial charge in [0, 0.05) is 5.41 Å². The minimum Gasteiger partial charge on any atom is -0.455 e. The fourth-order valence-corrected chi connectivity index (χ4v) is 12.4. The SMILES string of the molecule is CC1(C)CC[C@@]23CC[C@]4(C)[C@H](CC[C@@H]5[C@@]6(C)CC[C@H](OC(=O)C(F)(F)F)C(C)(C)[C@H]6CC[C@]54C)[C@@H]2[C@H]1OC3. The quantitative estimate of drug-likeness (QED) is 0.315. The topological polar surface area (TPSA) is 35.5 Å². The molecule has 6 aliphatic rings. The molecule has 0 aromatic heterocycles. The maximum atomic E-state index is 13.1. The van der Waals surface area contributed by atoms with Gasteiger partial charge in [0.15, 0.2) is 0 Å². The number of halogens is 3. The largest absolute Gasteiger partial charge is 0.490 e. The number of fused-ring (bicyclic) bond motifs is 5. The molecule has 6 fully saturated rings. The van der Waals surface area contributed by atoms with Gasteiger partial charge in [-0.2, -0.15) is 13.2 Å². The normalized spacial score (nSPS) is 52.7. The van der Waals surface area contributed by atoms with Gasteiger partial charge in [-0.15, -0.1) is 0 Å². The zero-order valence-corrected chi connectivity index (χ0v) is 24.6. The van der Waals surface area contributed by atoms with Gasteiger partial charge < -0.3 is 9.47 Å². The maximum absolute atomic E-state index is 13.1. The van der Waals surface area contributed by atoms with Gasteiger partial charge >= 0.3 is 12.1 Å². The summed E-state index contributed by atoms with van der Waals surface area (Å²) < 4.78 is 51.1. The van der Waals surface area contributed by atoms with Gasteiger partial charge in [0.05, 0.1) is 12.7 Å². The first kappa shape index (κ1) is 27.4. The summed E-state index contributed by atoms with van der Waals surface area (Å²) >= 11 is 0. The molecule has 5 saturated carbocycles. The Kier molecular flexibility index (Phi) is 5.72. The van der Waals surface area contributed by atoms with E-state index in [4.69, 9.17) is 9.47 Å². The number of ether oxygens (including phenoxy) is 2. The van der Waals surface area contributed by atoms with Crippen molar-refractivity contribution in [1.82, 2.24) is 0 Å². The Morgan fingerprint density at radius 2 is 1.47 bits per heavy atom. The highest BCUT2D eigenvalue weighted by Gasteiger charge is 2.73. The smallest absolute Gasteiger partial charge is 0.455 e. The van der Waals surface area contributed by atoms with Gasteiger partial charge in [0.25, 0.3) is 0 Å². The van der Waals surface area contributed by atoms with Crippen molar-refractivity contribution in [2.45, 2.75) is 131 Å². The molecule has 2 bridgehead atoms. The zero-order valence-electron chi connectivity index (χ0n) is 24.6. The molecule has 1 saturated heterocycles. The number of alkyl halides is 3. The first-order chi connectivity index (χ1) is 17.4. The highest BCUT2D eigenvalue weighted by molar-refractivity contribution is 5.75. The molecule has 216 valence electrons. The Hall–Kier alpha value is -0.780. The third kappa shape index (κ3) is 3.33. The number of carbonyl (C=O) groups excluding carboxylic acids is 1. The van der Waals surface area contributed by atoms with Crippen LogP contribution in [0.2, 0.25) is 0 Å². The zero-order chi connectivity index (χ0) is 27.7. The molecule has 1 heterocycles. The van der Waals surface area contributed by atoms with Gasteiger partial charge in [-0.1, -0.05) is 48.5 Å². The van der Waals surface area contributed by atoms with Gasteiger partial charge in [0.2, 0.25) is 0 Å². The summed E-state index contributed by atoms with van der Waals surface area (Å²) in [6, 6.07) is 0. The summed E-state index contributed by atoms with van der Waals surface area (Å²) in [6.45, 7) is 17.5. The standard InChI is InChI=1S/C32H49F3O3/c1-26(2)14-16-31-17-15-29(6)19(23(31)24(26)37-18-31)8-9-21-28(5)12-11-22(38-25(36)32(33,34)35)27(3,4)20(28)10-13-30(21,29)7/h19-24H,8-18H2,1-7H3/t19-,20-,21-,22+,23-,24-,28+,29-,30-,31+/m1/s1. The molecule has 6 heteroatoms. The van der Waals surface area contributed by atoms with Crippen molar-refractivity contribution >= 4 is 5.97 Å². The van der Waals surface area contributed by atoms with Crippen molar-refractivity contribution in [3.63, 3.8) is 0 Å². The summed E-state index contributed by atoms with van der Waals surface area (Å²) in [5, 5.41) is 0. The number of esters is 1. The second-order valence-electron chi connectivity index (χ2n) is 16.5. The Labute approximate surface area is 227 Å². The average Bonchev–Trinajstić information content (AvgIpc) is 3.14. The number of carbonyl (C=O) groups is 1. The van der Waals surface area contributed by atoms with E-state index in [-0.39, 0.29) is 27.6 Å². The first-order valence-corrected chi connectivity index (χ1v) is 15.3. The lowest BCUT2D eigenvalue weighted by atomic mass is 9.31. The van der Waals surface area contributed by atoms with E-state index in [9.17, 15) is 18.0 Å². The van der Waals surface area contributed by atoms with Crippen LogP contribution in [0.1, 0.15) is 113 Å². The molecule has 3 nitrogen and oxygen atoms in total. The van der Waals surface area contributed by atoms with E-state index < -0.39 is 23.7 Å². The third-order valence-electron chi connectivity index (χ3n) is 14.6. The predicted octanol–water partition coefficient (Wildman–Crippen LogP) is 8.35. The molecule has 1 aliphatic heterocycles. The molecule has 0 amide bonds. The van der Waals surface area contributed by atoms with Crippen LogP contribution in [0.15, 0.2) is 0 Å². The van der Waals surface area contributed by atoms with Crippen LogP contribution in [0.25, 0.3) is 0 Å². The van der Waals surface area contributed by atoms with Crippen molar-refractivity contribution < 1.29 is 27.4 Å². The van der Waals surface area contributed by atoms with Crippen molar-refractivity contribution in [3.8, 4) is 0 Å². The Balaban J connectivity index is 1.31. The number of hydrogen-bond acceptors (Lipinski definition) is 3. The van der Waals surface area contributed by atoms with Crippen molar-refractivity contribution in [3.05, 3.63) is 0 Å². The lowest BCUT2D eigenvalue weighted by Gasteiger charge is -2.73. The minimum absolute atomic E-state index is 0.0437. The number of hydrogen-bond donors (Lipinski definition) is 0. The van der Waals surface area contributed by atoms with E-state index >= 15 is 0 Å². The van der Waals surface area contributed by atoms with Gasteiger partial charge in [-0.25, -0.2) is 4.79 Å². The molecule has 10 atom stereocenters. The highest BCUT2D eigenvalue weighted by atomic mass is 19.4. The second-order valence-corrected chi connectivity index (χ2v) is 16.5. The predicted molar refractivity (Wildman–Crippen MR) is 140 cm³/mol. The van der Waals surface area contributed by atoms with Gasteiger partial charge in [-0.3, -0.25) is 0 Å². The van der Waals surface area contributed by atoms with Crippen LogP contribution < -0.4 is 0 Å². The summed E-state index contributed by atoms with van der Waals surface area (Å²) in [6.07, 6.45) is 5.78.